The first-order valence-electron chi connectivity index (χ1n) is 6.17. The van der Waals surface area contributed by atoms with Gasteiger partial charge in [0.15, 0.2) is 0 Å². The van der Waals surface area contributed by atoms with Crippen LogP contribution in [0.3, 0.4) is 0 Å². The third-order valence-electron chi connectivity index (χ3n) is 2.57. The van der Waals surface area contributed by atoms with E-state index in [2.05, 4.69) is 10.6 Å². The van der Waals surface area contributed by atoms with Crippen LogP contribution < -0.4 is 15.5 Å². The molecule has 0 aliphatic carbocycles. The summed E-state index contributed by atoms with van der Waals surface area (Å²) in [5, 5.41) is 14.2. The zero-order valence-corrected chi connectivity index (χ0v) is 12.2. The van der Waals surface area contributed by atoms with Crippen molar-refractivity contribution in [3.8, 4) is 0 Å². The minimum absolute atomic E-state index is 0.106. The van der Waals surface area contributed by atoms with Gasteiger partial charge in [0, 0.05) is 30.7 Å². The molecule has 8 heteroatoms. The van der Waals surface area contributed by atoms with Gasteiger partial charge in [-0.3, -0.25) is 14.5 Å². The summed E-state index contributed by atoms with van der Waals surface area (Å²) in [5.74, 6) is -1.38. The first-order chi connectivity index (χ1) is 9.93. The molecule has 0 aliphatic rings. The van der Waals surface area contributed by atoms with Crippen molar-refractivity contribution in [2.45, 2.75) is 6.42 Å². The molecule has 0 aromatic heterocycles. The van der Waals surface area contributed by atoms with Gasteiger partial charge in [-0.2, -0.15) is 0 Å². The van der Waals surface area contributed by atoms with Crippen molar-refractivity contribution < 1.29 is 19.5 Å². The molecule has 0 radical (unpaired) electrons. The van der Waals surface area contributed by atoms with Gasteiger partial charge >= 0.3 is 12.0 Å². The Morgan fingerprint density at radius 3 is 2.62 bits per heavy atom. The molecular weight excluding hydrogens is 298 g/mol. The summed E-state index contributed by atoms with van der Waals surface area (Å²) in [6.45, 7) is -0.401. The first kappa shape index (κ1) is 16.8. The summed E-state index contributed by atoms with van der Waals surface area (Å²) in [5.41, 5.74) is 0.363. The zero-order valence-electron chi connectivity index (χ0n) is 11.4. The number of hydrogen-bond donors (Lipinski definition) is 3. The Balaban J connectivity index is 2.75. The highest BCUT2D eigenvalue weighted by molar-refractivity contribution is 6.30. The van der Waals surface area contributed by atoms with Gasteiger partial charge in [-0.15, -0.1) is 0 Å². The van der Waals surface area contributed by atoms with E-state index in [1.54, 1.807) is 18.2 Å². The molecule has 0 spiro atoms. The van der Waals surface area contributed by atoms with Crippen molar-refractivity contribution in [1.82, 2.24) is 10.6 Å². The standard InChI is InChI=1S/C13H16ClN3O4/c1-15-11(18)5-6-16-13(21)17(8-12(19)20)10-4-2-3-9(14)7-10/h2-4,7H,5-6,8H2,1H3,(H,15,18)(H,16,21)(H,19,20). The number of carbonyl (C=O) groups is 3. The van der Waals surface area contributed by atoms with Crippen LogP contribution in [-0.4, -0.2) is 43.2 Å². The number of halogens is 1. The molecule has 114 valence electrons. The van der Waals surface area contributed by atoms with E-state index in [4.69, 9.17) is 16.7 Å². The predicted octanol–water partition coefficient (Wildman–Crippen LogP) is 1.08. The molecule has 0 atom stereocenters. The molecule has 0 aliphatic heterocycles. The van der Waals surface area contributed by atoms with Gasteiger partial charge in [0.05, 0.1) is 0 Å². The van der Waals surface area contributed by atoms with Crippen molar-refractivity contribution in [2.24, 2.45) is 0 Å². The fourth-order valence-electron chi connectivity index (χ4n) is 1.56. The number of aliphatic carboxylic acids is 1. The summed E-state index contributed by atoms with van der Waals surface area (Å²) >= 11 is 5.84. The number of urea groups is 1. The Labute approximate surface area is 126 Å². The van der Waals surface area contributed by atoms with Crippen molar-refractivity contribution in [3.63, 3.8) is 0 Å². The van der Waals surface area contributed by atoms with Crippen LogP contribution in [0.4, 0.5) is 10.5 Å². The molecule has 0 saturated heterocycles. The summed E-state index contributed by atoms with van der Waals surface area (Å²) in [4.78, 5) is 35.0. The van der Waals surface area contributed by atoms with Crippen LogP contribution in [0.5, 0.6) is 0 Å². The maximum Gasteiger partial charge on any atom is 0.323 e. The van der Waals surface area contributed by atoms with Gasteiger partial charge in [-0.1, -0.05) is 17.7 Å². The summed E-state index contributed by atoms with van der Waals surface area (Å²) in [6.07, 6.45) is 0.110. The average Bonchev–Trinajstić information content (AvgIpc) is 2.44. The quantitative estimate of drug-likeness (QED) is 0.731. The highest BCUT2D eigenvalue weighted by Gasteiger charge is 2.18. The average molecular weight is 314 g/mol. The number of carbonyl (C=O) groups excluding carboxylic acids is 2. The minimum atomic E-state index is -1.16. The van der Waals surface area contributed by atoms with E-state index in [9.17, 15) is 14.4 Å². The number of rotatable bonds is 6. The van der Waals surface area contributed by atoms with Gasteiger partial charge in [0.2, 0.25) is 5.91 Å². The van der Waals surface area contributed by atoms with Crippen LogP contribution in [0, 0.1) is 0 Å². The monoisotopic (exact) mass is 313 g/mol. The van der Waals surface area contributed by atoms with Gasteiger partial charge < -0.3 is 15.7 Å². The fraction of sp³-hybridized carbons (Fsp3) is 0.308. The van der Waals surface area contributed by atoms with Gasteiger partial charge in [0.25, 0.3) is 0 Å². The van der Waals surface area contributed by atoms with Crippen LogP contribution >= 0.6 is 11.6 Å². The van der Waals surface area contributed by atoms with E-state index in [1.807, 2.05) is 0 Å². The Hall–Kier alpha value is -2.28. The molecule has 1 rings (SSSR count). The summed E-state index contributed by atoms with van der Waals surface area (Å²) in [6, 6.07) is 5.69. The topological polar surface area (TPSA) is 98.7 Å². The van der Waals surface area contributed by atoms with Crippen LogP contribution in [0.15, 0.2) is 24.3 Å². The van der Waals surface area contributed by atoms with Crippen molar-refractivity contribution in [3.05, 3.63) is 29.3 Å². The number of hydrogen-bond acceptors (Lipinski definition) is 3. The highest BCUT2D eigenvalue weighted by atomic mass is 35.5. The second-order valence-electron chi connectivity index (χ2n) is 4.11. The second-order valence-corrected chi connectivity index (χ2v) is 4.55. The molecule has 3 N–H and O–H groups in total. The second kappa shape index (κ2) is 8.11. The number of carboxylic acids is 1. The molecule has 7 nitrogen and oxygen atoms in total. The van der Waals surface area contributed by atoms with Gasteiger partial charge in [-0.05, 0) is 18.2 Å². The SMILES string of the molecule is CNC(=O)CCNC(=O)N(CC(=O)O)c1cccc(Cl)c1. The minimum Gasteiger partial charge on any atom is -0.480 e. The lowest BCUT2D eigenvalue weighted by molar-refractivity contribution is -0.135. The molecule has 3 amide bonds. The Kier molecular flexibility index (Phi) is 6.48. The molecule has 0 fully saturated rings. The first-order valence-corrected chi connectivity index (χ1v) is 6.55. The van der Waals surface area contributed by atoms with E-state index in [1.165, 1.54) is 13.1 Å². The smallest absolute Gasteiger partial charge is 0.323 e. The van der Waals surface area contributed by atoms with Gasteiger partial charge in [0.1, 0.15) is 6.54 Å². The Morgan fingerprint density at radius 1 is 1.33 bits per heavy atom. The lowest BCUT2D eigenvalue weighted by Gasteiger charge is -2.21. The number of anilines is 1. The summed E-state index contributed by atoms with van der Waals surface area (Å²) in [7, 11) is 1.49. The van der Waals surface area contributed by atoms with Gasteiger partial charge in [-0.25, -0.2) is 4.79 Å². The molecule has 0 saturated carbocycles. The normalized spacial score (nSPS) is 9.81. The Bertz CT molecular complexity index is 536. The van der Waals surface area contributed by atoms with E-state index in [0.29, 0.717) is 10.7 Å². The number of amides is 3. The molecular formula is C13H16ClN3O4. The fourth-order valence-corrected chi connectivity index (χ4v) is 1.75. The van der Waals surface area contributed by atoms with Crippen molar-refractivity contribution in [2.75, 3.05) is 25.0 Å². The largest absolute Gasteiger partial charge is 0.480 e. The van der Waals surface area contributed by atoms with E-state index >= 15 is 0 Å². The number of nitrogens with zero attached hydrogens (tertiary/aromatic N) is 1. The van der Waals surface area contributed by atoms with Crippen molar-refractivity contribution >= 4 is 35.2 Å². The highest BCUT2D eigenvalue weighted by Crippen LogP contribution is 2.19. The maximum absolute atomic E-state index is 12.0. The van der Waals surface area contributed by atoms with E-state index in [0.717, 1.165) is 4.90 Å². The van der Waals surface area contributed by atoms with Crippen LogP contribution in [-0.2, 0) is 9.59 Å². The van der Waals surface area contributed by atoms with Crippen LogP contribution in [0.25, 0.3) is 0 Å². The molecule has 1 aromatic rings. The maximum atomic E-state index is 12.0. The predicted molar refractivity (Wildman–Crippen MR) is 78.5 cm³/mol. The molecule has 0 bridgehead atoms. The van der Waals surface area contributed by atoms with Crippen LogP contribution in [0.2, 0.25) is 5.02 Å². The lowest BCUT2D eigenvalue weighted by atomic mass is 10.3. The third kappa shape index (κ3) is 5.70. The van der Waals surface area contributed by atoms with E-state index < -0.39 is 18.5 Å². The summed E-state index contributed by atoms with van der Waals surface area (Å²) < 4.78 is 0. The van der Waals surface area contributed by atoms with Crippen molar-refractivity contribution in [1.29, 1.82) is 0 Å². The zero-order chi connectivity index (χ0) is 15.8. The molecule has 0 heterocycles. The molecule has 1 aromatic carbocycles. The lowest BCUT2D eigenvalue weighted by Crippen LogP contribution is -2.44. The molecule has 0 unspecified atom stereocenters. The number of carboxylic acid groups (broad SMARTS) is 1. The Morgan fingerprint density at radius 2 is 2.05 bits per heavy atom. The third-order valence-corrected chi connectivity index (χ3v) is 2.80. The van der Waals surface area contributed by atoms with E-state index in [-0.39, 0.29) is 18.9 Å². The van der Waals surface area contributed by atoms with Crippen LogP contribution in [0.1, 0.15) is 6.42 Å². The number of benzene rings is 1. The molecule has 21 heavy (non-hydrogen) atoms. The number of nitrogens with one attached hydrogen (secondary N) is 2.